The van der Waals surface area contributed by atoms with E-state index in [0.29, 0.717) is 29.0 Å². The Bertz CT molecular complexity index is 892. The summed E-state index contributed by atoms with van der Waals surface area (Å²) < 4.78 is 22.0. The second-order valence-electron chi connectivity index (χ2n) is 6.85. The highest BCUT2D eigenvalue weighted by atomic mass is 127. The van der Waals surface area contributed by atoms with Gasteiger partial charge in [-0.15, -0.1) is 0 Å². The highest BCUT2D eigenvalue weighted by Gasteiger charge is 2.25. The van der Waals surface area contributed by atoms with E-state index in [9.17, 15) is 9.59 Å². The number of hydrogen-bond donors (Lipinski definition) is 1. The molecule has 0 bridgehead atoms. The van der Waals surface area contributed by atoms with Gasteiger partial charge < -0.3 is 52.4 Å². The molecule has 1 saturated heterocycles. The van der Waals surface area contributed by atoms with Crippen molar-refractivity contribution in [3.8, 4) is 11.5 Å². The largest absolute Gasteiger partial charge is 1.00 e. The number of ether oxygens (including phenoxy) is 3. The lowest BCUT2D eigenvalue weighted by atomic mass is 10.1. The number of nitrogens with zero attached hydrogens (tertiary/aromatic N) is 1. The number of carbonyl (C=O) groups is 1. The molecular formula is C19H25IN2O6. The topological polar surface area (TPSA) is 87.0 Å². The Morgan fingerprint density at radius 3 is 2.54 bits per heavy atom. The zero-order valence-electron chi connectivity index (χ0n) is 16.2. The first kappa shape index (κ1) is 22.4. The van der Waals surface area contributed by atoms with Crippen LogP contribution in [0, 0.1) is 0 Å². The first-order valence-corrected chi connectivity index (χ1v) is 8.85. The molecule has 0 saturated carbocycles. The van der Waals surface area contributed by atoms with Crippen LogP contribution < -0.4 is 44.4 Å². The molecule has 0 radical (unpaired) electrons. The molecule has 154 valence electrons. The third-order valence-corrected chi connectivity index (χ3v) is 4.98. The highest BCUT2D eigenvalue weighted by Crippen LogP contribution is 2.30. The number of carbonyl (C=O) groups excluding carboxylic acids is 1. The third kappa shape index (κ3) is 4.95. The minimum atomic E-state index is -0.693. The van der Waals surface area contributed by atoms with E-state index in [2.05, 4.69) is 12.4 Å². The summed E-state index contributed by atoms with van der Waals surface area (Å²) in [5.74, 6) is 0.513. The van der Waals surface area contributed by atoms with Crippen LogP contribution in [0.2, 0.25) is 0 Å². The van der Waals surface area contributed by atoms with Gasteiger partial charge in [0.1, 0.15) is 35.7 Å². The Kier molecular flexibility index (Phi) is 7.67. The van der Waals surface area contributed by atoms with Crippen molar-refractivity contribution < 1.29 is 51.9 Å². The number of halogens is 1. The number of hydrogen-bond acceptors (Lipinski definition) is 6. The molecule has 1 aromatic carbocycles. The minimum Gasteiger partial charge on any atom is -1.00 e. The van der Waals surface area contributed by atoms with Crippen LogP contribution in [0.1, 0.15) is 10.4 Å². The number of fused-ring (bicyclic) bond motifs is 1. The number of amides is 1. The van der Waals surface area contributed by atoms with Gasteiger partial charge in [-0.1, -0.05) is 0 Å². The Hall–Kier alpha value is -1.85. The van der Waals surface area contributed by atoms with Crippen LogP contribution in [0.3, 0.4) is 0 Å². The van der Waals surface area contributed by atoms with Crippen molar-refractivity contribution in [2.24, 2.45) is 0 Å². The van der Waals surface area contributed by atoms with Gasteiger partial charge in [-0.3, -0.25) is 4.79 Å². The molecule has 1 N–H and O–H groups in total. The van der Waals surface area contributed by atoms with Gasteiger partial charge in [0.05, 0.1) is 53.0 Å². The van der Waals surface area contributed by atoms with E-state index in [-0.39, 0.29) is 29.5 Å². The van der Waals surface area contributed by atoms with Crippen molar-refractivity contribution in [1.29, 1.82) is 0 Å². The number of nitrogens with one attached hydrogen (secondary N) is 1. The standard InChI is InChI=1S/C19H24N2O6.HI/c1-21(6-8-26-9-7-21)5-4-20-18(22)15-12-14-16(25-3)10-13(24-2)11-17(14)27-19(15)23;/h10-12H,4-9H2,1-3H3;1H. The summed E-state index contributed by atoms with van der Waals surface area (Å²) >= 11 is 0. The second-order valence-corrected chi connectivity index (χ2v) is 6.85. The van der Waals surface area contributed by atoms with Gasteiger partial charge >= 0.3 is 5.63 Å². The van der Waals surface area contributed by atoms with Gasteiger partial charge in [0.2, 0.25) is 0 Å². The fourth-order valence-corrected chi connectivity index (χ4v) is 3.15. The van der Waals surface area contributed by atoms with Gasteiger partial charge in [0.15, 0.2) is 0 Å². The van der Waals surface area contributed by atoms with Crippen LogP contribution >= 0.6 is 0 Å². The normalized spacial score (nSPS) is 15.5. The summed E-state index contributed by atoms with van der Waals surface area (Å²) in [6.45, 7) is 4.51. The van der Waals surface area contributed by atoms with E-state index >= 15 is 0 Å². The first-order valence-electron chi connectivity index (χ1n) is 8.85. The molecule has 1 fully saturated rings. The fourth-order valence-electron chi connectivity index (χ4n) is 3.15. The monoisotopic (exact) mass is 504 g/mol. The predicted octanol–water partition coefficient (Wildman–Crippen LogP) is -1.98. The first-order chi connectivity index (χ1) is 13.0. The highest BCUT2D eigenvalue weighted by molar-refractivity contribution is 5.98. The van der Waals surface area contributed by atoms with Gasteiger partial charge in [0, 0.05) is 12.1 Å². The van der Waals surface area contributed by atoms with Crippen LogP contribution in [0.4, 0.5) is 0 Å². The Balaban J connectivity index is 0.00000280. The number of morpholine rings is 1. The lowest BCUT2D eigenvalue weighted by Gasteiger charge is -2.37. The predicted molar refractivity (Wildman–Crippen MR) is 99.5 cm³/mol. The van der Waals surface area contributed by atoms with Crippen LogP contribution in [0.15, 0.2) is 27.4 Å². The number of rotatable bonds is 6. The smallest absolute Gasteiger partial charge is 0.349 e. The molecule has 0 aliphatic carbocycles. The summed E-state index contributed by atoms with van der Waals surface area (Å²) in [6.07, 6.45) is 0. The van der Waals surface area contributed by atoms with Gasteiger partial charge in [-0.05, 0) is 6.07 Å². The fraction of sp³-hybridized carbons (Fsp3) is 0.474. The second kappa shape index (κ2) is 9.57. The van der Waals surface area contributed by atoms with Gasteiger partial charge in [0.25, 0.3) is 5.91 Å². The lowest BCUT2D eigenvalue weighted by molar-refractivity contribution is -0.915. The molecule has 0 atom stereocenters. The molecule has 9 heteroatoms. The van der Waals surface area contributed by atoms with E-state index in [1.54, 1.807) is 12.1 Å². The van der Waals surface area contributed by atoms with Gasteiger partial charge in [-0.2, -0.15) is 0 Å². The number of likely N-dealkylation sites (N-methyl/N-ethyl adjacent to an activating group) is 1. The van der Waals surface area contributed by atoms with E-state index < -0.39 is 11.5 Å². The summed E-state index contributed by atoms with van der Waals surface area (Å²) in [7, 11) is 5.15. The van der Waals surface area contributed by atoms with Crippen LogP contribution in [0.25, 0.3) is 11.0 Å². The molecule has 0 spiro atoms. The molecule has 3 rings (SSSR count). The van der Waals surface area contributed by atoms with Crippen LogP contribution in [0.5, 0.6) is 11.5 Å². The SMILES string of the molecule is COc1cc(OC)c2cc(C(=O)NCC[N+]3(C)CCOCC3)c(=O)oc2c1.[I-]. The number of methoxy groups -OCH3 is 2. The Morgan fingerprint density at radius 2 is 1.89 bits per heavy atom. The summed E-state index contributed by atoms with van der Waals surface area (Å²) in [4.78, 5) is 24.8. The maximum absolute atomic E-state index is 12.5. The van der Waals surface area contributed by atoms with Crippen LogP contribution in [-0.4, -0.2) is 71.1 Å². The third-order valence-electron chi connectivity index (χ3n) is 4.98. The van der Waals surface area contributed by atoms with Crippen molar-refractivity contribution in [2.75, 3.05) is 60.7 Å². The van der Waals surface area contributed by atoms with Crippen LogP contribution in [-0.2, 0) is 4.74 Å². The molecule has 1 aliphatic heterocycles. The van der Waals surface area contributed by atoms with Gasteiger partial charge in [-0.25, -0.2) is 4.79 Å². The molecular weight excluding hydrogens is 479 g/mol. The van der Waals surface area contributed by atoms with Crippen molar-refractivity contribution in [3.63, 3.8) is 0 Å². The molecule has 0 unspecified atom stereocenters. The average Bonchev–Trinajstić information content (AvgIpc) is 2.66. The van der Waals surface area contributed by atoms with E-state index in [4.69, 9.17) is 18.6 Å². The van der Waals surface area contributed by atoms with E-state index in [1.807, 2.05) is 0 Å². The number of benzene rings is 1. The Morgan fingerprint density at radius 1 is 1.18 bits per heavy atom. The molecule has 1 aliphatic rings. The molecule has 2 heterocycles. The molecule has 1 aromatic heterocycles. The minimum absolute atomic E-state index is 0. The van der Waals surface area contributed by atoms with E-state index in [0.717, 1.165) is 37.3 Å². The zero-order valence-corrected chi connectivity index (χ0v) is 18.4. The molecule has 8 nitrogen and oxygen atoms in total. The molecule has 1 amide bonds. The lowest BCUT2D eigenvalue weighted by Crippen LogP contribution is -3.00. The molecule has 2 aromatic rings. The van der Waals surface area contributed by atoms with Crippen molar-refractivity contribution in [2.45, 2.75) is 0 Å². The zero-order chi connectivity index (χ0) is 19.4. The number of quaternary nitrogens is 1. The van der Waals surface area contributed by atoms with Crippen molar-refractivity contribution in [1.82, 2.24) is 5.32 Å². The Labute approximate surface area is 180 Å². The summed E-state index contributed by atoms with van der Waals surface area (Å²) in [5, 5.41) is 3.35. The maximum atomic E-state index is 12.5. The quantitative estimate of drug-likeness (QED) is 0.279. The van der Waals surface area contributed by atoms with Crippen molar-refractivity contribution in [3.05, 3.63) is 34.2 Å². The van der Waals surface area contributed by atoms with E-state index in [1.165, 1.54) is 20.3 Å². The molecule has 28 heavy (non-hydrogen) atoms. The average molecular weight is 504 g/mol. The maximum Gasteiger partial charge on any atom is 0.349 e. The van der Waals surface area contributed by atoms with Crippen molar-refractivity contribution >= 4 is 16.9 Å². The summed E-state index contributed by atoms with van der Waals surface area (Å²) in [5.41, 5.74) is -0.434. The summed E-state index contributed by atoms with van der Waals surface area (Å²) in [6, 6.07) is 4.76.